The number of phosphoric ester groups is 1. The Balaban J connectivity index is 1.74. The molecule has 0 bridgehead atoms. The van der Waals surface area contributed by atoms with Crippen molar-refractivity contribution < 1.29 is 117 Å². The average Bonchev–Trinajstić information content (AvgIpc) is 0.763. The van der Waals surface area contributed by atoms with Gasteiger partial charge < -0.3 is 89.1 Å². The van der Waals surface area contributed by atoms with E-state index in [9.17, 15) is 74.9 Å². The zero-order chi connectivity index (χ0) is 71.8. The molecule has 25 heteroatoms. The van der Waals surface area contributed by atoms with E-state index in [4.69, 9.17) is 42.2 Å². The summed E-state index contributed by atoms with van der Waals surface area (Å²) in [6, 6.07) is 0. The lowest BCUT2D eigenvalue weighted by Gasteiger charge is -2.49. The topological polar surface area (TPSA) is 374 Å². The molecule has 2 saturated heterocycles. The first-order chi connectivity index (χ1) is 47.3. The van der Waals surface area contributed by atoms with E-state index in [2.05, 4.69) is 57.2 Å². The first-order valence-corrected chi connectivity index (χ1v) is 39.3. The summed E-state index contributed by atoms with van der Waals surface area (Å²) in [5, 5.41) is 110. The van der Waals surface area contributed by atoms with Gasteiger partial charge >= 0.3 is 25.7 Å². The monoisotopic (exact) mass is 1420 g/mol. The van der Waals surface area contributed by atoms with Gasteiger partial charge in [0.15, 0.2) is 18.7 Å². The number of carbonyl (C=O) groups is 3. The number of rotatable bonds is 58. The van der Waals surface area contributed by atoms with Gasteiger partial charge in [-0.1, -0.05) is 198 Å². The van der Waals surface area contributed by atoms with Crippen molar-refractivity contribution in [1.82, 2.24) is 0 Å². The van der Waals surface area contributed by atoms with Gasteiger partial charge in [0.1, 0.15) is 98.7 Å². The number of unbranched alkanes of at least 4 members (excludes halogenated alkanes) is 31. The molecule has 18 atom stereocenters. The van der Waals surface area contributed by atoms with Gasteiger partial charge in [-0.05, 0) is 96.3 Å². The van der Waals surface area contributed by atoms with E-state index >= 15 is 0 Å². The molecule has 11 N–H and O–H groups in total. The van der Waals surface area contributed by atoms with E-state index in [1.54, 1.807) is 0 Å². The number of aliphatic hydroxyl groups is 10. The highest BCUT2D eigenvalue weighted by molar-refractivity contribution is 7.47. The molecule has 1 saturated carbocycles. The van der Waals surface area contributed by atoms with Crippen molar-refractivity contribution in [3.8, 4) is 0 Å². The van der Waals surface area contributed by atoms with Crippen LogP contribution in [0, 0.1) is 0 Å². The highest BCUT2D eigenvalue weighted by Crippen LogP contribution is 2.49. The van der Waals surface area contributed by atoms with Crippen LogP contribution in [0.1, 0.15) is 278 Å². The molecular formula is C73H131O24P. The number of ether oxygens (including phenoxy) is 7. The second kappa shape index (κ2) is 54.8. The van der Waals surface area contributed by atoms with Crippen LogP contribution in [0.4, 0.5) is 0 Å². The molecule has 0 aromatic rings. The fraction of sp³-hybridized carbons (Fsp3) is 0.877. The van der Waals surface area contributed by atoms with Crippen molar-refractivity contribution in [1.29, 1.82) is 0 Å². The maximum atomic E-state index is 14.3. The van der Waals surface area contributed by atoms with Crippen molar-refractivity contribution >= 4 is 25.7 Å². The maximum Gasteiger partial charge on any atom is 0.472 e. The van der Waals surface area contributed by atoms with Crippen LogP contribution in [0.3, 0.4) is 0 Å². The van der Waals surface area contributed by atoms with Crippen LogP contribution in [0.5, 0.6) is 0 Å². The summed E-state index contributed by atoms with van der Waals surface area (Å²) in [7, 11) is -5.70. The normalized spacial score (nSPS) is 27.8. The van der Waals surface area contributed by atoms with E-state index in [0.29, 0.717) is 25.7 Å². The Labute approximate surface area is 585 Å². The minimum Gasteiger partial charge on any atom is -0.463 e. The van der Waals surface area contributed by atoms with Crippen molar-refractivity contribution in [2.75, 3.05) is 26.4 Å². The number of phosphoric acid groups is 1. The van der Waals surface area contributed by atoms with Crippen LogP contribution in [-0.4, -0.2) is 204 Å². The van der Waals surface area contributed by atoms with Gasteiger partial charge in [-0.2, -0.15) is 0 Å². The lowest BCUT2D eigenvalue weighted by molar-refractivity contribution is -0.360. The molecular weight excluding hydrogens is 1290 g/mol. The molecule has 2 heterocycles. The molecule has 3 fully saturated rings. The predicted octanol–water partition coefficient (Wildman–Crippen LogP) is 10.3. The fourth-order valence-corrected chi connectivity index (χ4v) is 13.1. The van der Waals surface area contributed by atoms with Crippen LogP contribution in [0.25, 0.3) is 0 Å². The zero-order valence-electron chi connectivity index (χ0n) is 59.6. The molecule has 24 nitrogen and oxygen atoms in total. The van der Waals surface area contributed by atoms with Crippen LogP contribution >= 0.6 is 7.82 Å². The summed E-state index contributed by atoms with van der Waals surface area (Å²) in [6.07, 6.45) is 16.4. The summed E-state index contributed by atoms with van der Waals surface area (Å²) in [4.78, 5) is 51.0. The Hall–Kier alpha value is -2.82. The van der Waals surface area contributed by atoms with Gasteiger partial charge in [-0.15, -0.1) is 0 Å². The number of allylic oxidation sites excluding steroid dienone is 6. The molecule has 0 radical (unpaired) electrons. The molecule has 18 unspecified atom stereocenters. The van der Waals surface area contributed by atoms with Crippen molar-refractivity contribution in [3.05, 3.63) is 36.5 Å². The minimum atomic E-state index is -5.70. The first-order valence-electron chi connectivity index (χ1n) is 37.8. The smallest absolute Gasteiger partial charge is 0.463 e. The molecule has 98 heavy (non-hydrogen) atoms. The van der Waals surface area contributed by atoms with Crippen LogP contribution in [-0.2, 0) is 61.2 Å². The molecule has 0 spiro atoms. The second-order valence-corrected chi connectivity index (χ2v) is 28.4. The Bertz CT molecular complexity index is 2170. The fourth-order valence-electron chi connectivity index (χ4n) is 12.2. The third kappa shape index (κ3) is 37.6. The maximum absolute atomic E-state index is 14.3. The van der Waals surface area contributed by atoms with Gasteiger partial charge in [0, 0.05) is 19.3 Å². The van der Waals surface area contributed by atoms with Crippen molar-refractivity contribution in [2.24, 2.45) is 0 Å². The molecule has 0 amide bonds. The van der Waals surface area contributed by atoms with E-state index in [1.165, 1.54) is 103 Å². The Kier molecular flexibility index (Phi) is 50.0. The summed E-state index contributed by atoms with van der Waals surface area (Å²) in [6.45, 7) is 3.39. The number of aliphatic hydroxyl groups excluding tert-OH is 10. The summed E-state index contributed by atoms with van der Waals surface area (Å²) in [5.74, 6) is -2.03. The van der Waals surface area contributed by atoms with Crippen LogP contribution < -0.4 is 0 Å². The molecule has 2 aliphatic heterocycles. The predicted molar refractivity (Wildman–Crippen MR) is 370 cm³/mol. The quantitative estimate of drug-likeness (QED) is 0.00886. The molecule has 0 aromatic heterocycles. The number of hydrogen-bond donors (Lipinski definition) is 11. The molecule has 3 aliphatic rings. The Morgan fingerprint density at radius 1 is 0.388 bits per heavy atom. The summed E-state index contributed by atoms with van der Waals surface area (Å²) in [5.41, 5.74) is 0. The van der Waals surface area contributed by atoms with E-state index < -0.39 is 156 Å². The Morgan fingerprint density at radius 3 is 1.12 bits per heavy atom. The lowest BCUT2D eigenvalue weighted by Crippen LogP contribution is -2.69. The minimum absolute atomic E-state index is 0.00662. The van der Waals surface area contributed by atoms with Crippen molar-refractivity contribution in [2.45, 2.75) is 382 Å². The van der Waals surface area contributed by atoms with Gasteiger partial charge in [-0.25, -0.2) is 4.57 Å². The van der Waals surface area contributed by atoms with Crippen LogP contribution in [0.15, 0.2) is 36.5 Å². The summed E-state index contributed by atoms with van der Waals surface area (Å²) < 4.78 is 65.0. The molecule has 0 aromatic carbocycles. The van der Waals surface area contributed by atoms with Gasteiger partial charge in [0.05, 0.1) is 13.2 Å². The van der Waals surface area contributed by atoms with E-state index in [1.807, 2.05) is 0 Å². The number of hydrogen-bond acceptors (Lipinski definition) is 23. The number of esters is 3. The van der Waals surface area contributed by atoms with Crippen molar-refractivity contribution in [3.63, 3.8) is 0 Å². The first kappa shape index (κ1) is 89.4. The lowest BCUT2D eigenvalue weighted by atomic mass is 9.84. The third-order valence-electron chi connectivity index (χ3n) is 18.4. The van der Waals surface area contributed by atoms with E-state index in [0.717, 1.165) is 109 Å². The number of carbonyl (C=O) groups excluding carboxylic acids is 3. The van der Waals surface area contributed by atoms with Gasteiger partial charge in [0.2, 0.25) is 0 Å². The van der Waals surface area contributed by atoms with E-state index in [-0.39, 0.29) is 19.3 Å². The van der Waals surface area contributed by atoms with Gasteiger partial charge in [-0.3, -0.25) is 23.4 Å². The standard InChI is InChI=1S/C73H131O24P/c1-4-7-10-13-16-19-22-25-28-31-33-35-38-41-44-47-57(75)89-51-54(92-59(77)49-46-43-40-37-34-30-27-24-21-18-15-12-9-6-3)52-91-98(87,88)97-71-69(95-72-67(85)62(80)60(78)55(50-74)93-72)65(83)64(82)66(84)70(71)96-73-68(86)63(81)61(79)56(94-73)53-90-58(76)48-45-42-39-36-32-29-26-23-20-17-14-11-8-5-2/h19,22,29-30,32,34,54-56,60-74,78-86H,4-18,20-21,23-28,31,33,35-53H2,1-3H3,(H,87,88)/b22-19-,32-29-,34-30-. The highest BCUT2D eigenvalue weighted by Gasteiger charge is 2.58. The molecule has 1 aliphatic carbocycles. The molecule has 3 rings (SSSR count). The molecule has 572 valence electrons. The average molecular weight is 1420 g/mol. The SMILES string of the molecule is CCCCCC/C=C\CCCCCCCCCC(=O)OCC(COP(=O)(O)OC1C(OC2OC(CO)C(O)C(O)C2O)C(O)C(O)C(O)C1OC1OC(COC(=O)CCCCC/C=C\CCCCCCCCC)C(O)C(O)C1O)OC(=O)CCCCC/C=C\CCCCCCCCC. The largest absolute Gasteiger partial charge is 0.472 e. The zero-order valence-corrected chi connectivity index (χ0v) is 60.5. The second-order valence-electron chi connectivity index (χ2n) is 27.0. The van der Waals surface area contributed by atoms with Crippen LogP contribution in [0.2, 0.25) is 0 Å². The van der Waals surface area contributed by atoms with Gasteiger partial charge in [0.25, 0.3) is 0 Å². The third-order valence-corrected chi connectivity index (χ3v) is 19.3. The highest BCUT2D eigenvalue weighted by atomic mass is 31.2. The summed E-state index contributed by atoms with van der Waals surface area (Å²) >= 11 is 0. The Morgan fingerprint density at radius 2 is 0.714 bits per heavy atom.